The van der Waals surface area contributed by atoms with Crippen LogP contribution in [-0.4, -0.2) is 7.11 Å². The lowest BCUT2D eigenvalue weighted by Gasteiger charge is -2.21. The number of nitrogens with one attached hydrogen (secondary N) is 1. The van der Waals surface area contributed by atoms with Gasteiger partial charge in [-0.15, -0.1) is 0 Å². The number of halogens is 1. The summed E-state index contributed by atoms with van der Waals surface area (Å²) in [6.45, 7) is 6.27. The van der Waals surface area contributed by atoms with Gasteiger partial charge in [0, 0.05) is 12.1 Å². The molecule has 1 N–H and O–H groups in total. The summed E-state index contributed by atoms with van der Waals surface area (Å²) < 4.78 is 18.5. The van der Waals surface area contributed by atoms with Crippen molar-refractivity contribution in [3.63, 3.8) is 0 Å². The first kappa shape index (κ1) is 15.5. The molecule has 21 heavy (non-hydrogen) atoms. The highest BCUT2D eigenvalue weighted by atomic mass is 19.1. The van der Waals surface area contributed by atoms with E-state index in [9.17, 15) is 4.39 Å². The van der Waals surface area contributed by atoms with Crippen molar-refractivity contribution < 1.29 is 9.13 Å². The lowest BCUT2D eigenvalue weighted by molar-refractivity contribution is 0.384. The monoisotopic (exact) mass is 287 g/mol. The van der Waals surface area contributed by atoms with Crippen molar-refractivity contribution in [3.8, 4) is 5.75 Å². The zero-order valence-electron chi connectivity index (χ0n) is 13.0. The summed E-state index contributed by atoms with van der Waals surface area (Å²) >= 11 is 0. The van der Waals surface area contributed by atoms with E-state index in [2.05, 4.69) is 50.4 Å². The van der Waals surface area contributed by atoms with Crippen LogP contribution in [0.3, 0.4) is 0 Å². The van der Waals surface area contributed by atoms with Gasteiger partial charge in [-0.25, -0.2) is 4.39 Å². The Morgan fingerprint density at radius 3 is 2.14 bits per heavy atom. The largest absolute Gasteiger partial charge is 0.494 e. The first-order valence-corrected chi connectivity index (χ1v) is 7.17. The number of hydrogen-bond donors (Lipinski definition) is 1. The van der Waals surface area contributed by atoms with Gasteiger partial charge < -0.3 is 10.1 Å². The molecule has 0 aliphatic rings. The molecule has 0 heterocycles. The van der Waals surface area contributed by atoms with E-state index < -0.39 is 0 Å². The Labute approximate surface area is 126 Å². The molecule has 0 bridgehead atoms. The zero-order valence-corrected chi connectivity index (χ0v) is 13.0. The molecule has 2 aromatic rings. The molecule has 2 aromatic carbocycles. The quantitative estimate of drug-likeness (QED) is 0.870. The van der Waals surface area contributed by atoms with E-state index >= 15 is 0 Å². The molecule has 0 aliphatic carbocycles. The fourth-order valence-corrected chi connectivity index (χ4v) is 2.37. The molecule has 3 heteroatoms. The smallest absolute Gasteiger partial charge is 0.165 e. The highest BCUT2D eigenvalue weighted by Gasteiger charge is 2.13. The maximum atomic E-state index is 13.5. The number of aryl methyl sites for hydroxylation is 1. The van der Waals surface area contributed by atoms with E-state index in [0.29, 0.717) is 0 Å². The fourth-order valence-electron chi connectivity index (χ4n) is 2.37. The summed E-state index contributed by atoms with van der Waals surface area (Å²) in [5, 5.41) is 3.52. The zero-order chi connectivity index (χ0) is 15.4. The summed E-state index contributed by atoms with van der Waals surface area (Å²) in [5.41, 5.74) is 3.50. The van der Waals surface area contributed by atoms with Gasteiger partial charge in [0.1, 0.15) is 0 Å². The van der Waals surface area contributed by atoms with Gasteiger partial charge >= 0.3 is 0 Å². The minimum atomic E-state index is -0.333. The third kappa shape index (κ3) is 3.82. The van der Waals surface area contributed by atoms with E-state index in [0.717, 1.165) is 5.56 Å². The van der Waals surface area contributed by atoms with Gasteiger partial charge in [0.2, 0.25) is 0 Å². The van der Waals surface area contributed by atoms with E-state index in [4.69, 9.17) is 4.74 Å². The molecule has 0 aromatic heterocycles. The Bertz CT molecular complexity index is 595. The van der Waals surface area contributed by atoms with E-state index in [1.54, 1.807) is 12.1 Å². The minimum Gasteiger partial charge on any atom is -0.494 e. The van der Waals surface area contributed by atoms with Crippen LogP contribution in [0.25, 0.3) is 0 Å². The molecule has 0 saturated heterocycles. The van der Waals surface area contributed by atoms with Crippen molar-refractivity contribution in [2.45, 2.75) is 32.9 Å². The number of benzene rings is 2. The van der Waals surface area contributed by atoms with Crippen LogP contribution in [0.2, 0.25) is 0 Å². The third-order valence-corrected chi connectivity index (χ3v) is 3.75. The first-order chi connectivity index (χ1) is 10.0. The Morgan fingerprint density at radius 2 is 1.52 bits per heavy atom. The van der Waals surface area contributed by atoms with Gasteiger partial charge in [0.15, 0.2) is 11.6 Å². The Morgan fingerprint density at radius 1 is 0.952 bits per heavy atom. The molecule has 0 amide bonds. The van der Waals surface area contributed by atoms with Crippen LogP contribution in [0, 0.1) is 12.7 Å². The standard InChI is InChI=1S/C18H22FNO/c1-12-5-7-15(8-6-12)13(2)20-14(3)16-9-10-17(19)18(11-16)21-4/h5-11,13-14,20H,1-4H3. The number of rotatable bonds is 5. The molecule has 2 unspecified atom stereocenters. The molecule has 0 saturated carbocycles. The average Bonchev–Trinajstić information content (AvgIpc) is 2.48. The number of ether oxygens (including phenoxy) is 1. The molecule has 0 spiro atoms. The lowest BCUT2D eigenvalue weighted by atomic mass is 10.0. The van der Waals surface area contributed by atoms with Crippen molar-refractivity contribution in [1.82, 2.24) is 5.32 Å². The van der Waals surface area contributed by atoms with E-state index in [-0.39, 0.29) is 23.7 Å². The van der Waals surface area contributed by atoms with Crippen LogP contribution in [0.4, 0.5) is 4.39 Å². The summed E-state index contributed by atoms with van der Waals surface area (Å²) in [6.07, 6.45) is 0. The van der Waals surface area contributed by atoms with Crippen LogP contribution in [0.15, 0.2) is 42.5 Å². The first-order valence-electron chi connectivity index (χ1n) is 7.17. The molecule has 0 fully saturated rings. The Kier molecular flexibility index (Phi) is 4.97. The van der Waals surface area contributed by atoms with Crippen molar-refractivity contribution in [3.05, 3.63) is 65.0 Å². The summed E-state index contributed by atoms with van der Waals surface area (Å²) in [6, 6.07) is 13.8. The fraction of sp³-hybridized carbons (Fsp3) is 0.333. The molecule has 2 rings (SSSR count). The van der Waals surface area contributed by atoms with Gasteiger partial charge in [-0.3, -0.25) is 0 Å². The number of hydrogen-bond acceptors (Lipinski definition) is 2. The van der Waals surface area contributed by atoms with Gasteiger partial charge in [-0.05, 0) is 44.0 Å². The van der Waals surface area contributed by atoms with Crippen molar-refractivity contribution in [2.75, 3.05) is 7.11 Å². The van der Waals surface area contributed by atoms with Crippen LogP contribution >= 0.6 is 0 Å². The summed E-state index contributed by atoms with van der Waals surface area (Å²) in [4.78, 5) is 0. The van der Waals surface area contributed by atoms with Crippen molar-refractivity contribution in [2.24, 2.45) is 0 Å². The molecule has 2 nitrogen and oxygen atoms in total. The van der Waals surface area contributed by atoms with Crippen LogP contribution in [-0.2, 0) is 0 Å². The number of methoxy groups -OCH3 is 1. The second kappa shape index (κ2) is 6.72. The molecule has 0 aliphatic heterocycles. The third-order valence-electron chi connectivity index (χ3n) is 3.75. The normalized spacial score (nSPS) is 13.8. The van der Waals surface area contributed by atoms with Gasteiger partial charge in [0.05, 0.1) is 7.11 Å². The molecule has 2 atom stereocenters. The maximum Gasteiger partial charge on any atom is 0.165 e. The molecule has 0 radical (unpaired) electrons. The maximum absolute atomic E-state index is 13.5. The van der Waals surface area contributed by atoms with Crippen LogP contribution in [0.1, 0.15) is 42.6 Å². The second-order valence-electron chi connectivity index (χ2n) is 5.41. The SMILES string of the molecule is COc1cc(C(C)NC(C)c2ccc(C)cc2)ccc1F. The van der Waals surface area contributed by atoms with Crippen LogP contribution in [0.5, 0.6) is 5.75 Å². The van der Waals surface area contributed by atoms with Gasteiger partial charge in [-0.1, -0.05) is 35.9 Å². The van der Waals surface area contributed by atoms with E-state index in [1.807, 2.05) is 0 Å². The Hall–Kier alpha value is -1.87. The molecular formula is C18H22FNO. The minimum absolute atomic E-state index is 0.107. The predicted octanol–water partition coefficient (Wildman–Crippen LogP) is 4.55. The molecule has 112 valence electrons. The van der Waals surface area contributed by atoms with Crippen LogP contribution < -0.4 is 10.1 Å². The summed E-state index contributed by atoms with van der Waals surface area (Å²) in [7, 11) is 1.48. The van der Waals surface area contributed by atoms with Gasteiger partial charge in [0.25, 0.3) is 0 Å². The lowest BCUT2D eigenvalue weighted by Crippen LogP contribution is -2.22. The average molecular weight is 287 g/mol. The van der Waals surface area contributed by atoms with E-state index in [1.165, 1.54) is 24.3 Å². The summed E-state index contributed by atoms with van der Waals surface area (Å²) in [5.74, 6) is -0.0517. The highest BCUT2D eigenvalue weighted by molar-refractivity contribution is 5.32. The molecular weight excluding hydrogens is 265 g/mol. The predicted molar refractivity (Wildman–Crippen MR) is 84.1 cm³/mol. The second-order valence-corrected chi connectivity index (χ2v) is 5.41. The Balaban J connectivity index is 2.10. The van der Waals surface area contributed by atoms with Crippen molar-refractivity contribution in [1.29, 1.82) is 0 Å². The van der Waals surface area contributed by atoms with Gasteiger partial charge in [-0.2, -0.15) is 0 Å². The topological polar surface area (TPSA) is 21.3 Å². The van der Waals surface area contributed by atoms with Crippen molar-refractivity contribution >= 4 is 0 Å². The highest BCUT2D eigenvalue weighted by Crippen LogP contribution is 2.24.